The summed E-state index contributed by atoms with van der Waals surface area (Å²) in [4.78, 5) is 10.4. The number of carbonyl (C=O) groups is 1. The van der Waals surface area contributed by atoms with Gasteiger partial charge in [0.1, 0.15) is 6.04 Å². The van der Waals surface area contributed by atoms with Gasteiger partial charge in [-0.2, -0.15) is 0 Å². The Balaban J connectivity index is 2.64. The van der Waals surface area contributed by atoms with Crippen LogP contribution in [0.4, 0.5) is 0 Å². The Kier molecular flexibility index (Phi) is 3.68. The molecule has 0 aliphatic heterocycles. The van der Waals surface area contributed by atoms with Crippen LogP contribution in [0.15, 0.2) is 24.3 Å². The van der Waals surface area contributed by atoms with Crippen molar-refractivity contribution in [2.45, 2.75) is 12.5 Å². The molecule has 4 heteroatoms. The van der Waals surface area contributed by atoms with Crippen molar-refractivity contribution in [3.8, 4) is 0 Å². The molecule has 0 unspecified atom stereocenters. The Morgan fingerprint density at radius 3 is 2.46 bits per heavy atom. The highest BCUT2D eigenvalue weighted by molar-refractivity contribution is 14.1. The van der Waals surface area contributed by atoms with Gasteiger partial charge >= 0.3 is 5.97 Å². The maximum Gasteiger partial charge on any atom is 0.320 e. The van der Waals surface area contributed by atoms with Crippen molar-refractivity contribution in [2.75, 3.05) is 0 Å². The topological polar surface area (TPSA) is 63.3 Å². The van der Waals surface area contributed by atoms with Crippen LogP contribution in [0.1, 0.15) is 5.56 Å². The molecule has 0 heterocycles. The first-order chi connectivity index (χ1) is 6.09. The molecule has 0 fully saturated rings. The molecule has 0 aromatic heterocycles. The summed E-state index contributed by atoms with van der Waals surface area (Å²) in [7, 11) is 0. The molecule has 0 aliphatic carbocycles. The molecule has 0 saturated heterocycles. The number of hydrogen-bond acceptors (Lipinski definition) is 2. The van der Waals surface area contributed by atoms with Gasteiger partial charge in [-0.05, 0) is 46.7 Å². The first-order valence-electron chi connectivity index (χ1n) is 3.82. The molecule has 0 amide bonds. The van der Waals surface area contributed by atoms with Gasteiger partial charge in [0, 0.05) is 3.57 Å². The van der Waals surface area contributed by atoms with Crippen LogP contribution >= 0.6 is 22.6 Å². The summed E-state index contributed by atoms with van der Waals surface area (Å²) in [5.74, 6) is -0.960. The highest BCUT2D eigenvalue weighted by atomic mass is 131. The standard InChI is InChI=1S/C9H10INO2/c10-7-3-1-6(2-4-7)5-8(11)9(12)13/h1-4,8H,5,11H2,(H,12,13)/t8-/m0/s1/i10+4. The Labute approximate surface area is 90.1 Å². The molecule has 70 valence electrons. The van der Waals surface area contributed by atoms with Crippen LogP contribution < -0.4 is 5.73 Å². The molecule has 0 spiro atoms. The van der Waals surface area contributed by atoms with Gasteiger partial charge in [0.25, 0.3) is 0 Å². The highest BCUT2D eigenvalue weighted by Gasteiger charge is 2.11. The fourth-order valence-corrected chi connectivity index (χ4v) is 1.32. The molecule has 0 saturated carbocycles. The van der Waals surface area contributed by atoms with E-state index in [9.17, 15) is 4.79 Å². The minimum absolute atomic E-state index is 0.381. The van der Waals surface area contributed by atoms with Crippen molar-refractivity contribution in [3.63, 3.8) is 0 Å². The van der Waals surface area contributed by atoms with E-state index in [1.165, 1.54) is 0 Å². The number of hydrogen-bond donors (Lipinski definition) is 2. The molecule has 1 aromatic carbocycles. The van der Waals surface area contributed by atoms with E-state index in [4.69, 9.17) is 10.8 Å². The second kappa shape index (κ2) is 4.57. The van der Waals surface area contributed by atoms with Gasteiger partial charge in [-0.1, -0.05) is 12.1 Å². The van der Waals surface area contributed by atoms with Crippen LogP contribution in [0.25, 0.3) is 0 Å². The zero-order valence-electron chi connectivity index (χ0n) is 6.90. The first-order valence-corrected chi connectivity index (χ1v) is 4.90. The van der Waals surface area contributed by atoms with Crippen molar-refractivity contribution in [3.05, 3.63) is 33.4 Å². The summed E-state index contributed by atoms with van der Waals surface area (Å²) in [5, 5.41) is 8.57. The fraction of sp³-hybridized carbons (Fsp3) is 0.222. The summed E-state index contributed by atoms with van der Waals surface area (Å²) in [6, 6.07) is 6.85. The van der Waals surface area contributed by atoms with Gasteiger partial charge in [-0.25, -0.2) is 0 Å². The number of rotatable bonds is 3. The third kappa shape index (κ3) is 3.31. The lowest BCUT2D eigenvalue weighted by atomic mass is 10.1. The lowest BCUT2D eigenvalue weighted by molar-refractivity contribution is -0.138. The van der Waals surface area contributed by atoms with Crippen LogP contribution in [0.2, 0.25) is 0 Å². The minimum Gasteiger partial charge on any atom is -0.480 e. The zero-order valence-corrected chi connectivity index (χ0v) is 9.06. The Morgan fingerprint density at radius 1 is 1.46 bits per heavy atom. The predicted molar refractivity (Wildman–Crippen MR) is 58.5 cm³/mol. The van der Waals surface area contributed by atoms with E-state index < -0.39 is 12.0 Å². The normalized spacial score (nSPS) is 12.5. The fourth-order valence-electron chi connectivity index (χ4n) is 0.962. The van der Waals surface area contributed by atoms with Gasteiger partial charge in [0.05, 0.1) is 0 Å². The van der Waals surface area contributed by atoms with E-state index in [2.05, 4.69) is 22.6 Å². The van der Waals surface area contributed by atoms with Crippen molar-refractivity contribution in [2.24, 2.45) is 5.73 Å². The van der Waals surface area contributed by atoms with Crippen molar-refractivity contribution >= 4 is 28.6 Å². The van der Waals surface area contributed by atoms with Crippen molar-refractivity contribution < 1.29 is 9.90 Å². The summed E-state index contributed by atoms with van der Waals surface area (Å²) in [6.45, 7) is 0. The van der Waals surface area contributed by atoms with Crippen LogP contribution in [-0.2, 0) is 11.2 Å². The largest absolute Gasteiger partial charge is 0.480 e. The minimum atomic E-state index is -0.960. The second-order valence-electron chi connectivity index (χ2n) is 2.78. The lowest BCUT2D eigenvalue weighted by Gasteiger charge is -2.05. The molecule has 1 rings (SSSR count). The van der Waals surface area contributed by atoms with Gasteiger partial charge in [0.15, 0.2) is 0 Å². The van der Waals surface area contributed by atoms with Crippen LogP contribution in [0.5, 0.6) is 0 Å². The molecular weight excluding hydrogens is 285 g/mol. The Hall–Kier alpha value is -0.620. The van der Waals surface area contributed by atoms with E-state index in [1.54, 1.807) is 0 Å². The third-order valence-corrected chi connectivity index (χ3v) is 2.41. The molecule has 1 atom stereocenters. The van der Waals surface area contributed by atoms with Gasteiger partial charge in [-0.15, -0.1) is 0 Å². The van der Waals surface area contributed by atoms with Crippen LogP contribution in [0.3, 0.4) is 0 Å². The number of carboxylic acids is 1. The molecule has 0 bridgehead atoms. The molecule has 3 N–H and O–H groups in total. The Morgan fingerprint density at radius 2 is 2.00 bits per heavy atom. The number of nitrogens with two attached hydrogens (primary N) is 1. The van der Waals surface area contributed by atoms with E-state index >= 15 is 0 Å². The monoisotopic (exact) mass is 295 g/mol. The van der Waals surface area contributed by atoms with E-state index in [0.29, 0.717) is 6.42 Å². The van der Waals surface area contributed by atoms with Gasteiger partial charge < -0.3 is 10.8 Å². The first kappa shape index (κ1) is 10.5. The average Bonchev–Trinajstić information content (AvgIpc) is 2.08. The molecule has 0 aliphatic rings. The van der Waals surface area contributed by atoms with E-state index in [1.807, 2.05) is 24.3 Å². The quantitative estimate of drug-likeness (QED) is 0.825. The summed E-state index contributed by atoms with van der Waals surface area (Å²) >= 11 is 2.20. The lowest BCUT2D eigenvalue weighted by Crippen LogP contribution is -2.32. The third-order valence-electron chi connectivity index (χ3n) is 1.69. The molecule has 3 nitrogen and oxygen atoms in total. The van der Waals surface area contributed by atoms with Crippen LogP contribution in [0, 0.1) is 3.57 Å². The molecule has 0 radical (unpaired) electrons. The van der Waals surface area contributed by atoms with Gasteiger partial charge in [-0.3, -0.25) is 4.79 Å². The number of aliphatic carboxylic acids is 1. The van der Waals surface area contributed by atoms with E-state index in [0.717, 1.165) is 9.13 Å². The smallest absolute Gasteiger partial charge is 0.320 e. The maximum absolute atomic E-state index is 10.4. The Bertz CT molecular complexity index is 297. The summed E-state index contributed by atoms with van der Waals surface area (Å²) in [5.41, 5.74) is 6.34. The molecular formula is C9H10INO2. The summed E-state index contributed by atoms with van der Waals surface area (Å²) < 4.78 is 1.13. The van der Waals surface area contributed by atoms with Crippen molar-refractivity contribution in [1.82, 2.24) is 0 Å². The SMILES string of the molecule is N[C@@H](Cc1ccc([131I])cc1)C(=O)O. The van der Waals surface area contributed by atoms with Gasteiger partial charge in [0.2, 0.25) is 0 Å². The van der Waals surface area contributed by atoms with Crippen LogP contribution in [-0.4, -0.2) is 17.1 Å². The number of halogens is 1. The number of carboxylic acid groups (broad SMARTS) is 1. The highest BCUT2D eigenvalue weighted by Crippen LogP contribution is 2.08. The maximum atomic E-state index is 10.4. The average molecular weight is 295 g/mol. The summed E-state index contributed by atoms with van der Waals surface area (Å²) in [6.07, 6.45) is 0.381. The van der Waals surface area contributed by atoms with Crippen molar-refractivity contribution in [1.29, 1.82) is 0 Å². The predicted octanol–water partition coefficient (Wildman–Crippen LogP) is 1.25. The second-order valence-corrected chi connectivity index (χ2v) is 4.02. The number of benzene rings is 1. The molecule has 1 aromatic rings. The zero-order chi connectivity index (χ0) is 9.84. The molecule has 13 heavy (non-hydrogen) atoms. The van der Waals surface area contributed by atoms with E-state index in [-0.39, 0.29) is 0 Å².